The third-order valence-corrected chi connectivity index (χ3v) is 3.77. The highest BCUT2D eigenvalue weighted by Gasteiger charge is 2.22. The van der Waals surface area contributed by atoms with Gasteiger partial charge in [0.2, 0.25) is 0 Å². The highest BCUT2D eigenvalue weighted by molar-refractivity contribution is 9.10. The number of carboxylic acid groups (broad SMARTS) is 1. The van der Waals surface area contributed by atoms with Gasteiger partial charge in [-0.3, -0.25) is 0 Å². The summed E-state index contributed by atoms with van der Waals surface area (Å²) < 4.78 is 11.7. The van der Waals surface area contributed by atoms with E-state index in [1.165, 1.54) is 18.9 Å². The molecular formula is C14H12BrNO4. The lowest BCUT2D eigenvalue weighted by molar-refractivity contribution is 0.0686. The Balaban J connectivity index is 1.84. The van der Waals surface area contributed by atoms with Crippen molar-refractivity contribution in [1.82, 2.24) is 5.16 Å². The van der Waals surface area contributed by atoms with Crippen LogP contribution in [0.3, 0.4) is 0 Å². The molecular weight excluding hydrogens is 326 g/mol. The minimum atomic E-state index is -1.11. The van der Waals surface area contributed by atoms with E-state index >= 15 is 0 Å². The number of aromatic carboxylic acids is 1. The van der Waals surface area contributed by atoms with Crippen molar-refractivity contribution in [3.05, 3.63) is 34.4 Å². The first kappa shape index (κ1) is 13.2. The molecule has 1 aromatic heterocycles. The fraction of sp³-hybridized carbons (Fsp3) is 0.286. The lowest BCUT2D eigenvalue weighted by Crippen LogP contribution is -1.99. The fourth-order valence-corrected chi connectivity index (χ4v) is 2.13. The second-order valence-corrected chi connectivity index (χ2v) is 5.64. The minimum Gasteiger partial charge on any atom is -0.492 e. The number of hydrogen-bond acceptors (Lipinski definition) is 4. The van der Waals surface area contributed by atoms with Gasteiger partial charge in [0.05, 0.1) is 11.1 Å². The van der Waals surface area contributed by atoms with Gasteiger partial charge in [-0.1, -0.05) is 5.16 Å². The largest absolute Gasteiger partial charge is 0.492 e. The first-order valence-electron chi connectivity index (χ1n) is 6.26. The molecule has 1 aliphatic carbocycles. The van der Waals surface area contributed by atoms with Crippen molar-refractivity contribution in [2.45, 2.75) is 12.8 Å². The van der Waals surface area contributed by atoms with Crippen molar-refractivity contribution >= 4 is 21.9 Å². The fourth-order valence-electron chi connectivity index (χ4n) is 1.77. The van der Waals surface area contributed by atoms with E-state index in [0.717, 1.165) is 15.8 Å². The Morgan fingerprint density at radius 1 is 1.45 bits per heavy atom. The maximum Gasteiger partial charge on any atom is 0.358 e. The van der Waals surface area contributed by atoms with Gasteiger partial charge >= 0.3 is 5.97 Å². The lowest BCUT2D eigenvalue weighted by Gasteiger charge is -2.08. The van der Waals surface area contributed by atoms with Crippen LogP contribution in [0.25, 0.3) is 11.3 Å². The molecule has 1 N–H and O–H groups in total. The van der Waals surface area contributed by atoms with Crippen LogP contribution in [-0.2, 0) is 0 Å². The monoisotopic (exact) mass is 337 g/mol. The number of carbonyl (C=O) groups is 1. The maximum atomic E-state index is 10.8. The van der Waals surface area contributed by atoms with Crippen LogP contribution in [0.5, 0.6) is 5.75 Å². The Kier molecular flexibility index (Phi) is 3.48. The number of hydrogen-bond donors (Lipinski definition) is 1. The zero-order valence-electron chi connectivity index (χ0n) is 10.5. The van der Waals surface area contributed by atoms with Crippen LogP contribution in [0, 0.1) is 5.92 Å². The van der Waals surface area contributed by atoms with Crippen LogP contribution in [0.2, 0.25) is 0 Å². The second kappa shape index (κ2) is 5.28. The van der Waals surface area contributed by atoms with Gasteiger partial charge in [0, 0.05) is 11.6 Å². The highest BCUT2D eigenvalue weighted by atomic mass is 79.9. The average Bonchev–Trinajstić information content (AvgIpc) is 3.12. The topological polar surface area (TPSA) is 72.6 Å². The van der Waals surface area contributed by atoms with Crippen molar-refractivity contribution in [3.8, 4) is 17.1 Å². The molecule has 3 rings (SSSR count). The van der Waals surface area contributed by atoms with Crippen molar-refractivity contribution in [1.29, 1.82) is 0 Å². The zero-order valence-corrected chi connectivity index (χ0v) is 12.1. The molecule has 0 aliphatic heterocycles. The Morgan fingerprint density at radius 3 is 2.90 bits per heavy atom. The van der Waals surface area contributed by atoms with Crippen LogP contribution >= 0.6 is 15.9 Å². The molecule has 0 amide bonds. The van der Waals surface area contributed by atoms with Gasteiger partial charge in [-0.15, -0.1) is 0 Å². The van der Waals surface area contributed by atoms with E-state index in [4.69, 9.17) is 14.4 Å². The molecule has 1 heterocycles. The molecule has 0 radical (unpaired) electrons. The average molecular weight is 338 g/mol. The molecule has 20 heavy (non-hydrogen) atoms. The van der Waals surface area contributed by atoms with Gasteiger partial charge < -0.3 is 14.4 Å². The summed E-state index contributed by atoms with van der Waals surface area (Å²) in [5.41, 5.74) is 0.627. The molecule has 0 atom stereocenters. The minimum absolute atomic E-state index is 0.108. The van der Waals surface area contributed by atoms with E-state index in [9.17, 15) is 4.79 Å². The third-order valence-electron chi connectivity index (χ3n) is 3.12. The van der Waals surface area contributed by atoms with Crippen LogP contribution < -0.4 is 4.74 Å². The number of benzene rings is 1. The number of nitrogens with zero attached hydrogens (tertiary/aromatic N) is 1. The standard InChI is InChI=1S/C14H12BrNO4/c15-10-4-3-9(5-13(10)19-7-8-1-2-8)12-6-11(14(17)18)16-20-12/h3-6,8H,1-2,7H2,(H,17,18). The molecule has 0 spiro atoms. The van der Waals surface area contributed by atoms with Gasteiger partial charge in [0.1, 0.15) is 5.75 Å². The Bertz CT molecular complexity index is 648. The van der Waals surface area contributed by atoms with E-state index in [0.29, 0.717) is 18.3 Å². The molecule has 0 saturated heterocycles. The number of carboxylic acids is 1. The molecule has 0 bridgehead atoms. The first-order valence-corrected chi connectivity index (χ1v) is 7.05. The van der Waals surface area contributed by atoms with E-state index in [1.54, 1.807) is 0 Å². The Hall–Kier alpha value is -1.82. The highest BCUT2D eigenvalue weighted by Crippen LogP contribution is 2.34. The Labute approximate surface area is 123 Å². The smallest absolute Gasteiger partial charge is 0.358 e. The van der Waals surface area contributed by atoms with Gasteiger partial charge in [-0.05, 0) is 52.9 Å². The van der Waals surface area contributed by atoms with Gasteiger partial charge in [0.25, 0.3) is 0 Å². The zero-order chi connectivity index (χ0) is 14.1. The number of halogens is 1. The summed E-state index contributed by atoms with van der Waals surface area (Å²) in [7, 11) is 0. The summed E-state index contributed by atoms with van der Waals surface area (Å²) in [5.74, 6) is 0.686. The summed E-state index contributed by atoms with van der Waals surface area (Å²) in [6.45, 7) is 0.707. The number of rotatable bonds is 5. The third kappa shape index (κ3) is 2.85. The lowest BCUT2D eigenvalue weighted by atomic mass is 10.1. The molecule has 1 fully saturated rings. The van der Waals surface area contributed by atoms with Gasteiger partial charge in [-0.25, -0.2) is 4.79 Å². The summed E-state index contributed by atoms with van der Waals surface area (Å²) in [4.78, 5) is 10.8. The predicted octanol–water partition coefficient (Wildman–Crippen LogP) is 3.59. The SMILES string of the molecule is O=C(O)c1cc(-c2ccc(Br)c(OCC3CC3)c2)on1. The molecule has 1 aliphatic rings. The molecule has 0 unspecified atom stereocenters. The summed E-state index contributed by atoms with van der Waals surface area (Å²) in [6, 6.07) is 6.88. The van der Waals surface area contributed by atoms with E-state index < -0.39 is 5.97 Å². The normalized spacial score (nSPS) is 14.2. The van der Waals surface area contributed by atoms with Crippen LogP contribution in [0.15, 0.2) is 33.3 Å². The molecule has 104 valence electrons. The van der Waals surface area contributed by atoms with E-state index in [2.05, 4.69) is 21.1 Å². The quantitative estimate of drug-likeness (QED) is 0.902. The van der Waals surface area contributed by atoms with Crippen molar-refractivity contribution in [3.63, 3.8) is 0 Å². The van der Waals surface area contributed by atoms with Crippen LogP contribution in [0.1, 0.15) is 23.3 Å². The number of ether oxygens (including phenoxy) is 1. The summed E-state index contributed by atoms with van der Waals surface area (Å²) >= 11 is 3.44. The second-order valence-electron chi connectivity index (χ2n) is 4.78. The summed E-state index contributed by atoms with van der Waals surface area (Å²) in [6.07, 6.45) is 2.45. The molecule has 6 heteroatoms. The van der Waals surface area contributed by atoms with Crippen molar-refractivity contribution < 1.29 is 19.2 Å². The molecule has 5 nitrogen and oxygen atoms in total. The summed E-state index contributed by atoms with van der Waals surface area (Å²) in [5, 5.41) is 12.3. The van der Waals surface area contributed by atoms with Crippen molar-refractivity contribution in [2.75, 3.05) is 6.61 Å². The Morgan fingerprint density at radius 2 is 2.25 bits per heavy atom. The van der Waals surface area contributed by atoms with E-state index in [1.807, 2.05) is 18.2 Å². The van der Waals surface area contributed by atoms with Crippen molar-refractivity contribution in [2.24, 2.45) is 5.92 Å². The first-order chi connectivity index (χ1) is 9.63. The van der Waals surface area contributed by atoms with Crippen LogP contribution in [-0.4, -0.2) is 22.8 Å². The molecule has 2 aromatic rings. The maximum absolute atomic E-state index is 10.8. The molecule has 1 saturated carbocycles. The predicted molar refractivity (Wildman–Crippen MR) is 74.8 cm³/mol. The van der Waals surface area contributed by atoms with E-state index in [-0.39, 0.29) is 5.69 Å². The molecule has 1 aromatic carbocycles. The van der Waals surface area contributed by atoms with Crippen LogP contribution in [0.4, 0.5) is 0 Å². The van der Waals surface area contributed by atoms with Gasteiger partial charge in [-0.2, -0.15) is 0 Å². The number of aromatic nitrogens is 1. The van der Waals surface area contributed by atoms with Gasteiger partial charge in [0.15, 0.2) is 11.5 Å².